The van der Waals surface area contributed by atoms with E-state index in [-0.39, 0.29) is 6.03 Å². The van der Waals surface area contributed by atoms with Gasteiger partial charge in [-0.25, -0.2) is 9.78 Å². The average Bonchev–Trinajstić information content (AvgIpc) is 3.52. The third kappa shape index (κ3) is 4.20. The Labute approximate surface area is 185 Å². The van der Waals surface area contributed by atoms with E-state index in [1.807, 2.05) is 36.1 Å². The van der Waals surface area contributed by atoms with Crippen LogP contribution < -0.4 is 10.2 Å². The van der Waals surface area contributed by atoms with Crippen molar-refractivity contribution >= 4 is 29.1 Å². The number of hydrogen-bond acceptors (Lipinski definition) is 6. The average molecular weight is 439 g/mol. The van der Waals surface area contributed by atoms with Gasteiger partial charge in [-0.05, 0) is 55.7 Å². The number of carbonyl (C=O) groups is 1. The lowest BCUT2D eigenvalue weighted by molar-refractivity contribution is 0.208. The van der Waals surface area contributed by atoms with Gasteiger partial charge in [-0.15, -0.1) is 10.2 Å². The van der Waals surface area contributed by atoms with Crippen molar-refractivity contribution in [1.82, 2.24) is 20.1 Å². The van der Waals surface area contributed by atoms with Crippen molar-refractivity contribution in [2.45, 2.75) is 25.7 Å². The zero-order chi connectivity index (χ0) is 21.4. The first-order valence-corrected chi connectivity index (χ1v) is 10.8. The summed E-state index contributed by atoms with van der Waals surface area (Å²) in [5.74, 6) is 2.43. The normalized spacial score (nSPS) is 16.5. The highest BCUT2D eigenvalue weighted by Gasteiger charge is 2.31. The minimum atomic E-state index is -0.114. The van der Waals surface area contributed by atoms with Crippen LogP contribution in [0.1, 0.15) is 30.2 Å². The summed E-state index contributed by atoms with van der Waals surface area (Å²) in [6.45, 7) is 4.44. The third-order valence-electron chi connectivity index (χ3n) is 5.68. The van der Waals surface area contributed by atoms with Crippen LogP contribution in [0.5, 0.6) is 0 Å². The highest BCUT2D eigenvalue weighted by Crippen LogP contribution is 2.40. The first kappa shape index (κ1) is 19.8. The maximum atomic E-state index is 12.7. The minimum Gasteiger partial charge on any atom is -0.420 e. The van der Waals surface area contributed by atoms with Crippen LogP contribution in [0.15, 0.2) is 40.9 Å². The molecule has 0 radical (unpaired) electrons. The number of rotatable bonds is 4. The highest BCUT2D eigenvalue weighted by atomic mass is 35.5. The number of aromatic nitrogens is 3. The van der Waals surface area contributed by atoms with E-state index in [4.69, 9.17) is 16.0 Å². The summed E-state index contributed by atoms with van der Waals surface area (Å²) in [6.07, 6.45) is 3.99. The maximum absolute atomic E-state index is 12.7. The monoisotopic (exact) mass is 438 g/mol. The molecule has 9 heteroatoms. The van der Waals surface area contributed by atoms with E-state index in [1.54, 1.807) is 12.3 Å². The Morgan fingerprint density at radius 3 is 2.71 bits per heavy atom. The number of nitrogens with one attached hydrogen (secondary N) is 1. The molecule has 0 spiro atoms. The molecule has 160 valence electrons. The fourth-order valence-electron chi connectivity index (χ4n) is 3.74. The molecule has 1 saturated carbocycles. The summed E-state index contributed by atoms with van der Waals surface area (Å²) in [5.41, 5.74) is 2.53. The second-order valence-electron chi connectivity index (χ2n) is 7.96. The second kappa shape index (κ2) is 8.19. The number of aryl methyl sites for hydroxylation is 1. The van der Waals surface area contributed by atoms with Gasteiger partial charge in [0.2, 0.25) is 5.89 Å². The number of benzene rings is 1. The number of amides is 2. The Morgan fingerprint density at radius 2 is 1.97 bits per heavy atom. The molecule has 8 nitrogen and oxygen atoms in total. The molecule has 1 saturated heterocycles. The summed E-state index contributed by atoms with van der Waals surface area (Å²) in [6, 6.07) is 9.15. The molecule has 2 aliphatic rings. The summed E-state index contributed by atoms with van der Waals surface area (Å²) in [5, 5.41) is 12.1. The number of carbonyl (C=O) groups excluding carboxylic acids is 1. The van der Waals surface area contributed by atoms with Crippen LogP contribution in [0.3, 0.4) is 0 Å². The van der Waals surface area contributed by atoms with Crippen LogP contribution in [-0.4, -0.2) is 52.3 Å². The Balaban J connectivity index is 1.26. The lowest BCUT2D eigenvalue weighted by Crippen LogP contribution is -2.50. The molecule has 2 aromatic heterocycles. The molecular weight excluding hydrogens is 416 g/mol. The lowest BCUT2D eigenvalue weighted by Gasteiger charge is -2.36. The molecule has 1 aliphatic heterocycles. The van der Waals surface area contributed by atoms with E-state index in [0.717, 1.165) is 35.5 Å². The van der Waals surface area contributed by atoms with Crippen LogP contribution in [0.2, 0.25) is 5.02 Å². The van der Waals surface area contributed by atoms with E-state index in [0.29, 0.717) is 48.9 Å². The van der Waals surface area contributed by atoms with Gasteiger partial charge in [-0.1, -0.05) is 11.6 Å². The number of anilines is 2. The maximum Gasteiger partial charge on any atom is 0.321 e. The van der Waals surface area contributed by atoms with Crippen LogP contribution in [0.4, 0.5) is 16.3 Å². The van der Waals surface area contributed by atoms with Gasteiger partial charge < -0.3 is 19.5 Å². The van der Waals surface area contributed by atoms with E-state index >= 15 is 0 Å². The Morgan fingerprint density at radius 1 is 1.16 bits per heavy atom. The summed E-state index contributed by atoms with van der Waals surface area (Å²) < 4.78 is 5.90. The number of nitrogens with zero attached hydrogens (tertiary/aromatic N) is 5. The van der Waals surface area contributed by atoms with Crippen LogP contribution in [0, 0.1) is 6.92 Å². The molecule has 2 amide bonds. The van der Waals surface area contributed by atoms with Crippen molar-refractivity contribution in [2.24, 2.45) is 0 Å². The molecule has 5 rings (SSSR count). The molecule has 31 heavy (non-hydrogen) atoms. The van der Waals surface area contributed by atoms with Gasteiger partial charge in [0, 0.05) is 49.0 Å². The molecule has 2 fully saturated rings. The Hall–Kier alpha value is -3.13. The molecule has 3 heterocycles. The van der Waals surface area contributed by atoms with Crippen LogP contribution in [-0.2, 0) is 0 Å². The number of hydrogen-bond donors (Lipinski definition) is 1. The molecular formula is C22H23ClN6O2. The van der Waals surface area contributed by atoms with Gasteiger partial charge in [0.25, 0.3) is 5.89 Å². The smallest absolute Gasteiger partial charge is 0.321 e. The second-order valence-corrected chi connectivity index (χ2v) is 8.39. The number of piperazine rings is 1. The SMILES string of the molecule is Cc1cc(Cl)ccc1NC(=O)N1CCN(c2ncccc2-c2nnc(C3CC3)o2)CC1. The van der Waals surface area contributed by atoms with E-state index in [1.165, 1.54) is 0 Å². The van der Waals surface area contributed by atoms with Gasteiger partial charge in [0.15, 0.2) is 0 Å². The fraction of sp³-hybridized carbons (Fsp3) is 0.364. The zero-order valence-corrected chi connectivity index (χ0v) is 18.0. The predicted molar refractivity (Wildman–Crippen MR) is 118 cm³/mol. The van der Waals surface area contributed by atoms with Gasteiger partial charge in [0.1, 0.15) is 5.82 Å². The van der Waals surface area contributed by atoms with Crippen molar-refractivity contribution in [3.8, 4) is 11.5 Å². The largest absolute Gasteiger partial charge is 0.420 e. The fourth-order valence-corrected chi connectivity index (χ4v) is 3.96. The topological polar surface area (TPSA) is 87.4 Å². The van der Waals surface area contributed by atoms with Crippen molar-refractivity contribution < 1.29 is 9.21 Å². The molecule has 1 aliphatic carbocycles. The minimum absolute atomic E-state index is 0.114. The summed E-state index contributed by atoms with van der Waals surface area (Å²) in [4.78, 5) is 21.3. The molecule has 1 aromatic carbocycles. The number of urea groups is 1. The van der Waals surface area contributed by atoms with Gasteiger partial charge in [-0.2, -0.15) is 0 Å². The highest BCUT2D eigenvalue weighted by molar-refractivity contribution is 6.30. The Kier molecular flexibility index (Phi) is 5.23. The third-order valence-corrected chi connectivity index (χ3v) is 5.92. The summed E-state index contributed by atoms with van der Waals surface area (Å²) in [7, 11) is 0. The molecule has 3 aromatic rings. The van der Waals surface area contributed by atoms with Crippen molar-refractivity contribution in [3.05, 3.63) is 53.0 Å². The van der Waals surface area contributed by atoms with Gasteiger partial charge >= 0.3 is 6.03 Å². The van der Waals surface area contributed by atoms with Crippen LogP contribution >= 0.6 is 11.6 Å². The Bertz CT molecular complexity index is 1100. The van der Waals surface area contributed by atoms with Crippen molar-refractivity contribution in [3.63, 3.8) is 0 Å². The zero-order valence-electron chi connectivity index (χ0n) is 17.2. The van der Waals surface area contributed by atoms with Crippen LogP contribution in [0.25, 0.3) is 11.5 Å². The number of halogens is 1. The first-order valence-electron chi connectivity index (χ1n) is 10.4. The molecule has 0 bridgehead atoms. The lowest BCUT2D eigenvalue weighted by atomic mass is 10.2. The van der Waals surface area contributed by atoms with E-state index in [9.17, 15) is 4.79 Å². The number of pyridine rings is 1. The molecule has 0 atom stereocenters. The van der Waals surface area contributed by atoms with Crippen molar-refractivity contribution in [1.29, 1.82) is 0 Å². The first-order chi connectivity index (χ1) is 15.1. The quantitative estimate of drug-likeness (QED) is 0.652. The molecule has 0 unspecified atom stereocenters. The van der Waals surface area contributed by atoms with Crippen molar-refractivity contribution in [2.75, 3.05) is 36.4 Å². The van der Waals surface area contributed by atoms with E-state index in [2.05, 4.69) is 25.4 Å². The van der Waals surface area contributed by atoms with Gasteiger partial charge in [-0.3, -0.25) is 0 Å². The standard InChI is InChI=1S/C22H23ClN6O2/c1-14-13-16(23)6-7-18(14)25-22(30)29-11-9-28(10-12-29)19-17(3-2-8-24-19)21-27-26-20(31-21)15-4-5-15/h2-3,6-8,13,15H,4-5,9-12H2,1H3,(H,25,30). The van der Waals surface area contributed by atoms with E-state index < -0.39 is 0 Å². The molecule has 1 N–H and O–H groups in total. The predicted octanol–water partition coefficient (Wildman–Crippen LogP) is 4.32. The summed E-state index contributed by atoms with van der Waals surface area (Å²) >= 11 is 6.00. The van der Waals surface area contributed by atoms with Gasteiger partial charge in [0.05, 0.1) is 5.56 Å².